The van der Waals surface area contributed by atoms with Crippen LogP contribution in [-0.4, -0.2) is 22.6 Å². The third-order valence-corrected chi connectivity index (χ3v) is 7.29. The summed E-state index contributed by atoms with van der Waals surface area (Å²) in [7, 11) is 0. The number of amides is 2. The summed E-state index contributed by atoms with van der Waals surface area (Å²) in [5.41, 5.74) is 2.03. The molecule has 26 heavy (non-hydrogen) atoms. The molecule has 0 spiro atoms. The van der Waals surface area contributed by atoms with Crippen molar-refractivity contribution in [3.8, 4) is 9.88 Å². The lowest BCUT2D eigenvalue weighted by molar-refractivity contribution is -0.113. The first kappa shape index (κ1) is 17.5. The third-order valence-electron chi connectivity index (χ3n) is 3.66. The molecule has 0 fully saturated rings. The van der Waals surface area contributed by atoms with Gasteiger partial charge in [0.1, 0.15) is 9.88 Å². The van der Waals surface area contributed by atoms with E-state index in [0.717, 1.165) is 20.5 Å². The minimum Gasteiger partial charge on any atom is -0.324 e. The van der Waals surface area contributed by atoms with Crippen LogP contribution in [0.25, 0.3) is 9.88 Å². The molecule has 1 aromatic carbocycles. The van der Waals surface area contributed by atoms with Crippen LogP contribution in [0, 0.1) is 6.92 Å². The summed E-state index contributed by atoms with van der Waals surface area (Å²) in [4.78, 5) is 31.2. The highest BCUT2D eigenvalue weighted by Crippen LogP contribution is 2.36. The molecule has 3 heterocycles. The molecule has 5 nitrogen and oxygen atoms in total. The molecule has 4 rings (SSSR count). The van der Waals surface area contributed by atoms with E-state index in [1.807, 2.05) is 31.2 Å². The second kappa shape index (κ2) is 7.03. The van der Waals surface area contributed by atoms with Crippen molar-refractivity contribution in [3.63, 3.8) is 0 Å². The van der Waals surface area contributed by atoms with Crippen LogP contribution in [0.3, 0.4) is 0 Å². The number of aromatic nitrogens is 1. The average molecular weight is 422 g/mol. The molecule has 0 saturated carbocycles. The van der Waals surface area contributed by atoms with Gasteiger partial charge < -0.3 is 10.6 Å². The van der Waals surface area contributed by atoms with Gasteiger partial charge in [-0.1, -0.05) is 11.6 Å². The van der Waals surface area contributed by atoms with Crippen molar-refractivity contribution in [1.82, 2.24) is 4.98 Å². The summed E-state index contributed by atoms with van der Waals surface area (Å²) in [6.07, 6.45) is 0. The Morgan fingerprint density at radius 1 is 1.27 bits per heavy atom. The predicted octanol–water partition coefficient (Wildman–Crippen LogP) is 5.13. The number of hydrogen-bond donors (Lipinski definition) is 2. The summed E-state index contributed by atoms with van der Waals surface area (Å²) in [5, 5.41) is 6.48. The van der Waals surface area contributed by atoms with Crippen molar-refractivity contribution in [2.45, 2.75) is 11.8 Å². The molecule has 3 aromatic rings. The number of anilines is 2. The molecule has 2 aromatic heterocycles. The van der Waals surface area contributed by atoms with Crippen LogP contribution in [-0.2, 0) is 4.79 Å². The maximum Gasteiger partial charge on any atom is 0.267 e. The number of nitrogens with zero attached hydrogens (tertiary/aromatic N) is 1. The number of carbonyl (C=O) groups excluding carboxylic acids is 2. The molecule has 0 unspecified atom stereocenters. The fourth-order valence-corrected chi connectivity index (χ4v) is 5.34. The van der Waals surface area contributed by atoms with Crippen molar-refractivity contribution in [3.05, 3.63) is 45.2 Å². The van der Waals surface area contributed by atoms with E-state index in [2.05, 4.69) is 15.6 Å². The Morgan fingerprint density at radius 2 is 2.12 bits per heavy atom. The maximum absolute atomic E-state index is 12.7. The van der Waals surface area contributed by atoms with Crippen LogP contribution < -0.4 is 10.6 Å². The number of nitrogens with one attached hydrogen (secondary N) is 2. The number of thiophene rings is 1. The van der Waals surface area contributed by atoms with Gasteiger partial charge in [0.25, 0.3) is 5.91 Å². The number of thioether (sulfide) groups is 1. The monoisotopic (exact) mass is 421 g/mol. The Bertz CT molecular complexity index is 1030. The molecule has 1 aliphatic rings. The highest BCUT2D eigenvalue weighted by molar-refractivity contribution is 8.00. The topological polar surface area (TPSA) is 71.1 Å². The van der Waals surface area contributed by atoms with E-state index in [1.165, 1.54) is 34.4 Å². The van der Waals surface area contributed by atoms with Gasteiger partial charge in [0.2, 0.25) is 5.91 Å². The molecule has 1 aliphatic heterocycles. The Kier molecular flexibility index (Phi) is 4.74. The third kappa shape index (κ3) is 3.50. The van der Waals surface area contributed by atoms with E-state index < -0.39 is 0 Å². The number of hydrogen-bond acceptors (Lipinski definition) is 6. The highest BCUT2D eigenvalue weighted by Gasteiger charge is 2.19. The number of halogens is 1. The summed E-state index contributed by atoms with van der Waals surface area (Å²) >= 11 is 10.2. The quantitative estimate of drug-likeness (QED) is 0.615. The molecule has 0 atom stereocenters. The van der Waals surface area contributed by atoms with Crippen LogP contribution in [0.15, 0.2) is 35.2 Å². The number of rotatable bonds is 3. The summed E-state index contributed by atoms with van der Waals surface area (Å²) in [5.74, 6) is 0.154. The molecule has 0 aliphatic carbocycles. The second-order valence-electron chi connectivity index (χ2n) is 5.54. The van der Waals surface area contributed by atoms with Gasteiger partial charge in [-0.05, 0) is 37.3 Å². The molecule has 9 heteroatoms. The maximum atomic E-state index is 12.7. The summed E-state index contributed by atoms with van der Waals surface area (Å²) in [6.45, 7) is 1.81. The van der Waals surface area contributed by atoms with Crippen molar-refractivity contribution in [2.24, 2.45) is 0 Å². The van der Waals surface area contributed by atoms with Crippen molar-refractivity contribution in [1.29, 1.82) is 0 Å². The fourth-order valence-electron chi connectivity index (χ4n) is 2.49. The number of carbonyl (C=O) groups is 2. The highest BCUT2D eigenvalue weighted by atomic mass is 35.5. The zero-order valence-corrected chi connectivity index (χ0v) is 16.7. The molecule has 2 amide bonds. The van der Waals surface area contributed by atoms with Gasteiger partial charge in [-0.15, -0.1) is 34.4 Å². The van der Waals surface area contributed by atoms with Crippen LogP contribution in [0.5, 0.6) is 0 Å². The van der Waals surface area contributed by atoms with E-state index in [4.69, 9.17) is 11.6 Å². The van der Waals surface area contributed by atoms with E-state index in [9.17, 15) is 9.59 Å². The molecular weight excluding hydrogens is 410 g/mol. The minimum atomic E-state index is -0.219. The standard InChI is InChI=1S/C17H12ClN3O2S3/c1-8-15(26-17(19-8)12-4-5-13(18)25-12)16(23)20-9-2-3-11-10(6-9)21-14(22)7-24-11/h2-6H,7H2,1H3,(H,20,23)(H,21,22). The summed E-state index contributed by atoms with van der Waals surface area (Å²) in [6, 6.07) is 9.22. The van der Waals surface area contributed by atoms with Crippen LogP contribution in [0.2, 0.25) is 4.34 Å². The van der Waals surface area contributed by atoms with Crippen molar-refractivity contribution < 1.29 is 9.59 Å². The molecule has 2 N–H and O–H groups in total. The van der Waals surface area contributed by atoms with Crippen LogP contribution in [0.1, 0.15) is 15.4 Å². The predicted molar refractivity (Wildman–Crippen MR) is 109 cm³/mol. The van der Waals surface area contributed by atoms with E-state index in [0.29, 0.717) is 26.3 Å². The molecule has 0 bridgehead atoms. The first-order valence-electron chi connectivity index (χ1n) is 7.61. The zero-order valence-electron chi connectivity index (χ0n) is 13.5. The normalized spacial score (nSPS) is 13.2. The van der Waals surface area contributed by atoms with E-state index in [1.54, 1.807) is 6.07 Å². The van der Waals surface area contributed by atoms with E-state index >= 15 is 0 Å². The van der Waals surface area contributed by atoms with Gasteiger partial charge in [-0.25, -0.2) is 4.98 Å². The SMILES string of the molecule is Cc1nc(-c2ccc(Cl)s2)sc1C(=O)Nc1ccc2c(c1)NC(=O)CS2. The van der Waals surface area contributed by atoms with Gasteiger partial charge >= 0.3 is 0 Å². The zero-order chi connectivity index (χ0) is 18.3. The molecular formula is C17H12ClN3O2S3. The summed E-state index contributed by atoms with van der Waals surface area (Å²) < 4.78 is 0.688. The lowest BCUT2D eigenvalue weighted by Gasteiger charge is -2.17. The molecule has 0 saturated heterocycles. The average Bonchev–Trinajstić information content (AvgIpc) is 3.20. The number of thiazole rings is 1. The van der Waals surface area contributed by atoms with Crippen LogP contribution >= 0.6 is 46.0 Å². The number of benzene rings is 1. The van der Waals surface area contributed by atoms with Crippen molar-refractivity contribution >= 4 is 69.2 Å². The lowest BCUT2D eigenvalue weighted by atomic mass is 10.2. The van der Waals surface area contributed by atoms with Crippen LogP contribution in [0.4, 0.5) is 11.4 Å². The molecule has 0 radical (unpaired) electrons. The van der Waals surface area contributed by atoms with Gasteiger partial charge in [-0.2, -0.15) is 0 Å². The van der Waals surface area contributed by atoms with E-state index in [-0.39, 0.29) is 11.8 Å². The fraction of sp³-hybridized carbons (Fsp3) is 0.118. The van der Waals surface area contributed by atoms with Gasteiger partial charge in [-0.3, -0.25) is 9.59 Å². The van der Waals surface area contributed by atoms with Gasteiger partial charge in [0.15, 0.2) is 0 Å². The Hall–Kier alpha value is -1.87. The number of fused-ring (bicyclic) bond motifs is 1. The first-order valence-corrected chi connectivity index (χ1v) is 10.6. The minimum absolute atomic E-state index is 0.0384. The second-order valence-corrected chi connectivity index (χ2v) is 9.27. The number of aryl methyl sites for hydroxylation is 1. The smallest absolute Gasteiger partial charge is 0.267 e. The van der Waals surface area contributed by atoms with Crippen molar-refractivity contribution in [2.75, 3.05) is 16.4 Å². The lowest BCUT2D eigenvalue weighted by Crippen LogP contribution is -2.19. The molecule has 132 valence electrons. The first-order chi connectivity index (χ1) is 12.5. The Balaban J connectivity index is 1.56. The largest absolute Gasteiger partial charge is 0.324 e. The van der Waals surface area contributed by atoms with Gasteiger partial charge in [0.05, 0.1) is 26.3 Å². The Labute approximate surface area is 166 Å². The van der Waals surface area contributed by atoms with Gasteiger partial charge in [0, 0.05) is 10.6 Å². The Morgan fingerprint density at radius 3 is 2.88 bits per heavy atom.